The molecular formula is C14H13N3. The van der Waals surface area contributed by atoms with Gasteiger partial charge in [-0.2, -0.15) is 0 Å². The number of nitrogens with zero attached hydrogens (tertiary/aromatic N) is 2. The van der Waals surface area contributed by atoms with Crippen molar-refractivity contribution in [3.05, 3.63) is 65.5 Å². The Morgan fingerprint density at radius 3 is 2.65 bits per heavy atom. The number of pyridine rings is 1. The van der Waals surface area contributed by atoms with Crippen LogP contribution in [0, 0.1) is 0 Å². The van der Waals surface area contributed by atoms with Crippen LogP contribution in [0.4, 0.5) is 0 Å². The molecule has 3 rings (SSSR count). The van der Waals surface area contributed by atoms with E-state index in [-0.39, 0.29) is 6.04 Å². The van der Waals surface area contributed by atoms with Crippen LogP contribution in [0.3, 0.4) is 0 Å². The molecule has 3 heteroatoms. The van der Waals surface area contributed by atoms with Gasteiger partial charge in [-0.25, -0.2) is 0 Å². The quantitative estimate of drug-likeness (QED) is 0.804. The number of nitrogens with two attached hydrogens (primary N) is 1. The SMILES string of the molecule is NC1=NC(c2ccncc2)Cc2ccccc21. The van der Waals surface area contributed by atoms with Gasteiger partial charge in [0.25, 0.3) is 0 Å². The molecule has 84 valence electrons. The van der Waals surface area contributed by atoms with Crippen LogP contribution < -0.4 is 5.73 Å². The van der Waals surface area contributed by atoms with Crippen LogP contribution in [-0.4, -0.2) is 10.8 Å². The Morgan fingerprint density at radius 1 is 1.06 bits per heavy atom. The van der Waals surface area contributed by atoms with Crippen LogP contribution in [0.25, 0.3) is 0 Å². The summed E-state index contributed by atoms with van der Waals surface area (Å²) in [6.45, 7) is 0. The number of fused-ring (bicyclic) bond motifs is 1. The van der Waals surface area contributed by atoms with E-state index >= 15 is 0 Å². The van der Waals surface area contributed by atoms with Gasteiger partial charge >= 0.3 is 0 Å². The third-order valence-corrected chi connectivity index (χ3v) is 3.09. The molecule has 0 spiro atoms. The maximum atomic E-state index is 6.01. The molecular weight excluding hydrogens is 210 g/mol. The van der Waals surface area contributed by atoms with Gasteiger partial charge in [-0.15, -0.1) is 0 Å². The third kappa shape index (κ3) is 1.80. The zero-order valence-corrected chi connectivity index (χ0v) is 9.38. The number of rotatable bonds is 1. The number of hydrogen-bond acceptors (Lipinski definition) is 3. The van der Waals surface area contributed by atoms with E-state index in [1.54, 1.807) is 12.4 Å². The molecule has 0 aliphatic carbocycles. The molecule has 0 amide bonds. The zero-order chi connectivity index (χ0) is 11.7. The average molecular weight is 223 g/mol. The van der Waals surface area contributed by atoms with E-state index in [1.165, 1.54) is 5.56 Å². The summed E-state index contributed by atoms with van der Waals surface area (Å²) >= 11 is 0. The molecule has 2 N–H and O–H groups in total. The summed E-state index contributed by atoms with van der Waals surface area (Å²) in [7, 11) is 0. The molecule has 0 bridgehead atoms. The monoisotopic (exact) mass is 223 g/mol. The lowest BCUT2D eigenvalue weighted by atomic mass is 9.93. The number of hydrogen-bond donors (Lipinski definition) is 1. The second-order valence-corrected chi connectivity index (χ2v) is 4.17. The van der Waals surface area contributed by atoms with Crippen LogP contribution in [0.15, 0.2) is 53.8 Å². The molecule has 1 aliphatic heterocycles. The molecule has 2 heterocycles. The Labute approximate surface area is 100 Å². The number of benzene rings is 1. The Kier molecular flexibility index (Phi) is 2.37. The van der Waals surface area contributed by atoms with Gasteiger partial charge in [0.2, 0.25) is 0 Å². The van der Waals surface area contributed by atoms with Gasteiger partial charge in [0.1, 0.15) is 5.84 Å². The van der Waals surface area contributed by atoms with Crippen molar-refractivity contribution in [1.29, 1.82) is 0 Å². The summed E-state index contributed by atoms with van der Waals surface area (Å²) in [6, 6.07) is 12.3. The first-order valence-corrected chi connectivity index (χ1v) is 5.66. The first-order chi connectivity index (χ1) is 8.34. The molecule has 0 fully saturated rings. The van der Waals surface area contributed by atoms with Gasteiger partial charge in [-0.3, -0.25) is 9.98 Å². The standard InChI is InChI=1S/C14H13N3/c15-14-12-4-2-1-3-11(12)9-13(17-14)10-5-7-16-8-6-10/h1-8,13H,9H2,(H2,15,17). The summed E-state index contributed by atoms with van der Waals surface area (Å²) < 4.78 is 0. The lowest BCUT2D eigenvalue weighted by Gasteiger charge is -2.21. The summed E-state index contributed by atoms with van der Waals surface area (Å²) in [6.07, 6.45) is 4.49. The molecule has 0 radical (unpaired) electrons. The van der Waals surface area contributed by atoms with Crippen LogP contribution in [0.2, 0.25) is 0 Å². The fourth-order valence-electron chi connectivity index (χ4n) is 2.22. The maximum absolute atomic E-state index is 6.01. The summed E-state index contributed by atoms with van der Waals surface area (Å²) in [5, 5.41) is 0. The highest BCUT2D eigenvalue weighted by Gasteiger charge is 2.19. The van der Waals surface area contributed by atoms with Gasteiger partial charge in [-0.05, 0) is 29.7 Å². The Hall–Kier alpha value is -2.16. The van der Waals surface area contributed by atoms with Crippen molar-refractivity contribution in [3.8, 4) is 0 Å². The van der Waals surface area contributed by atoms with E-state index in [4.69, 9.17) is 5.73 Å². The first kappa shape index (κ1) is 10.0. The predicted octanol–water partition coefficient (Wildman–Crippen LogP) is 2.08. The van der Waals surface area contributed by atoms with Gasteiger partial charge in [0, 0.05) is 18.0 Å². The van der Waals surface area contributed by atoms with Gasteiger partial charge in [0.05, 0.1) is 6.04 Å². The van der Waals surface area contributed by atoms with E-state index in [1.807, 2.05) is 30.3 Å². The van der Waals surface area contributed by atoms with Crippen molar-refractivity contribution in [2.45, 2.75) is 12.5 Å². The van der Waals surface area contributed by atoms with Crippen LogP contribution in [0.5, 0.6) is 0 Å². The number of amidine groups is 1. The van der Waals surface area contributed by atoms with Crippen LogP contribution >= 0.6 is 0 Å². The van der Waals surface area contributed by atoms with Crippen LogP contribution in [-0.2, 0) is 6.42 Å². The van der Waals surface area contributed by atoms with Crippen molar-refractivity contribution in [2.24, 2.45) is 10.7 Å². The predicted molar refractivity (Wildman–Crippen MR) is 67.8 cm³/mol. The third-order valence-electron chi connectivity index (χ3n) is 3.09. The van der Waals surface area contributed by atoms with E-state index in [2.05, 4.69) is 16.0 Å². The molecule has 1 aromatic carbocycles. The second kappa shape index (κ2) is 4.01. The van der Waals surface area contributed by atoms with Crippen molar-refractivity contribution in [2.75, 3.05) is 0 Å². The number of aliphatic imine (C=N–C) groups is 1. The molecule has 17 heavy (non-hydrogen) atoms. The fourth-order valence-corrected chi connectivity index (χ4v) is 2.22. The molecule has 1 atom stereocenters. The highest BCUT2D eigenvalue weighted by Crippen LogP contribution is 2.28. The average Bonchev–Trinajstić information content (AvgIpc) is 2.40. The van der Waals surface area contributed by atoms with Gasteiger partial charge in [0.15, 0.2) is 0 Å². The zero-order valence-electron chi connectivity index (χ0n) is 9.38. The molecule has 0 saturated carbocycles. The molecule has 2 aromatic rings. The van der Waals surface area contributed by atoms with Crippen LogP contribution in [0.1, 0.15) is 22.7 Å². The second-order valence-electron chi connectivity index (χ2n) is 4.17. The summed E-state index contributed by atoms with van der Waals surface area (Å²) in [5.41, 5.74) is 9.51. The van der Waals surface area contributed by atoms with Crippen molar-refractivity contribution in [3.63, 3.8) is 0 Å². The van der Waals surface area contributed by atoms with Crippen molar-refractivity contribution in [1.82, 2.24) is 4.98 Å². The Bertz CT molecular complexity index is 561. The summed E-state index contributed by atoms with van der Waals surface area (Å²) in [4.78, 5) is 8.58. The highest BCUT2D eigenvalue weighted by atomic mass is 14.9. The van der Waals surface area contributed by atoms with E-state index in [0.717, 1.165) is 17.5 Å². The van der Waals surface area contributed by atoms with Crippen molar-refractivity contribution >= 4 is 5.84 Å². The van der Waals surface area contributed by atoms with E-state index < -0.39 is 0 Å². The first-order valence-electron chi connectivity index (χ1n) is 5.66. The molecule has 1 aromatic heterocycles. The minimum Gasteiger partial charge on any atom is -0.383 e. The lowest BCUT2D eigenvalue weighted by molar-refractivity contribution is 0.708. The molecule has 3 nitrogen and oxygen atoms in total. The minimum absolute atomic E-state index is 0.118. The van der Waals surface area contributed by atoms with E-state index in [9.17, 15) is 0 Å². The topological polar surface area (TPSA) is 51.3 Å². The smallest absolute Gasteiger partial charge is 0.126 e. The van der Waals surface area contributed by atoms with Crippen molar-refractivity contribution < 1.29 is 0 Å². The number of aromatic nitrogens is 1. The fraction of sp³-hybridized carbons (Fsp3) is 0.143. The van der Waals surface area contributed by atoms with Gasteiger partial charge in [-0.1, -0.05) is 24.3 Å². The lowest BCUT2D eigenvalue weighted by Crippen LogP contribution is -2.22. The Morgan fingerprint density at radius 2 is 1.82 bits per heavy atom. The van der Waals surface area contributed by atoms with Gasteiger partial charge < -0.3 is 5.73 Å². The Balaban J connectivity index is 2.02. The normalized spacial score (nSPS) is 18.4. The maximum Gasteiger partial charge on any atom is 0.126 e. The molecule has 1 aliphatic rings. The van der Waals surface area contributed by atoms with E-state index in [0.29, 0.717) is 5.84 Å². The largest absolute Gasteiger partial charge is 0.383 e. The minimum atomic E-state index is 0.118. The molecule has 1 unspecified atom stereocenters. The summed E-state index contributed by atoms with van der Waals surface area (Å²) in [5.74, 6) is 0.633. The highest BCUT2D eigenvalue weighted by molar-refractivity contribution is 5.99. The molecule has 0 saturated heterocycles.